The highest BCUT2D eigenvalue weighted by atomic mass is 35.5. The molecule has 0 aliphatic heterocycles. The third kappa shape index (κ3) is 4.23. The highest BCUT2D eigenvalue weighted by molar-refractivity contribution is 6.30. The lowest BCUT2D eigenvalue weighted by atomic mass is 10.1. The van der Waals surface area contributed by atoms with Gasteiger partial charge in [0, 0.05) is 5.02 Å². The van der Waals surface area contributed by atoms with Gasteiger partial charge in [0.15, 0.2) is 0 Å². The van der Waals surface area contributed by atoms with Crippen molar-refractivity contribution in [1.82, 2.24) is 0 Å². The van der Waals surface area contributed by atoms with E-state index in [0.29, 0.717) is 10.8 Å². The van der Waals surface area contributed by atoms with E-state index in [4.69, 9.17) is 26.2 Å². The Morgan fingerprint density at radius 2 is 1.59 bits per heavy atom. The molecule has 0 saturated carbocycles. The number of carbonyl (C=O) groups is 2. The Morgan fingerprint density at radius 1 is 0.955 bits per heavy atom. The minimum absolute atomic E-state index is 0.00934. The highest BCUT2D eigenvalue weighted by Crippen LogP contribution is 2.15. The van der Waals surface area contributed by atoms with Crippen LogP contribution in [-0.2, 0) is 4.74 Å². The maximum atomic E-state index is 11.9. The fraction of sp³-hybridized carbons (Fsp3) is 0.125. The first-order valence-corrected chi connectivity index (χ1v) is 6.83. The van der Waals surface area contributed by atoms with E-state index in [9.17, 15) is 9.59 Å². The Kier molecular flexibility index (Phi) is 5.38. The van der Waals surface area contributed by atoms with Crippen LogP contribution in [0.5, 0.6) is 5.75 Å². The maximum absolute atomic E-state index is 11.9. The highest BCUT2D eigenvalue weighted by Gasteiger charge is 2.16. The average Bonchev–Trinajstić information content (AvgIpc) is 2.53. The molecule has 0 unspecified atom stereocenters. The maximum Gasteiger partial charge on any atom is 0.339 e. The molecule has 22 heavy (non-hydrogen) atoms. The van der Waals surface area contributed by atoms with Crippen molar-refractivity contribution in [3.63, 3.8) is 0 Å². The molecular weight excluding hydrogens is 308 g/mol. The van der Waals surface area contributed by atoms with Crippen molar-refractivity contribution in [3.05, 3.63) is 64.7 Å². The Bertz CT molecular complexity index is 666. The smallest absolute Gasteiger partial charge is 0.339 e. The molecule has 2 rings (SSSR count). The van der Waals surface area contributed by atoms with Crippen molar-refractivity contribution >= 4 is 23.5 Å². The van der Waals surface area contributed by atoms with Gasteiger partial charge in [-0.05, 0) is 36.4 Å². The number of halogens is 1. The van der Waals surface area contributed by atoms with Crippen LogP contribution in [0.15, 0.2) is 48.5 Å². The SMILES string of the molecule is O=C(O)c1ccccc1C(=O)OCCOc1ccc(Cl)cc1. The number of carboxylic acids is 1. The molecule has 1 N–H and O–H groups in total. The topological polar surface area (TPSA) is 72.8 Å². The summed E-state index contributed by atoms with van der Waals surface area (Å²) in [6, 6.07) is 12.7. The van der Waals surface area contributed by atoms with Crippen LogP contribution in [0.2, 0.25) is 5.02 Å². The first kappa shape index (κ1) is 15.9. The molecule has 0 atom stereocenters. The molecule has 6 heteroatoms. The van der Waals surface area contributed by atoms with Gasteiger partial charge >= 0.3 is 11.9 Å². The molecular formula is C16H13ClO5. The summed E-state index contributed by atoms with van der Waals surface area (Å²) in [5.74, 6) is -1.27. The third-order valence-electron chi connectivity index (χ3n) is 2.78. The van der Waals surface area contributed by atoms with Gasteiger partial charge < -0.3 is 14.6 Å². The van der Waals surface area contributed by atoms with Gasteiger partial charge in [0.2, 0.25) is 0 Å². The van der Waals surface area contributed by atoms with E-state index in [-0.39, 0.29) is 24.3 Å². The second-order valence-electron chi connectivity index (χ2n) is 4.29. The quantitative estimate of drug-likeness (QED) is 0.653. The first-order chi connectivity index (χ1) is 10.6. The van der Waals surface area contributed by atoms with Crippen molar-refractivity contribution in [3.8, 4) is 5.75 Å². The van der Waals surface area contributed by atoms with Crippen molar-refractivity contribution in [2.24, 2.45) is 0 Å². The van der Waals surface area contributed by atoms with E-state index >= 15 is 0 Å². The van der Waals surface area contributed by atoms with Gasteiger partial charge in [-0.15, -0.1) is 0 Å². The van der Waals surface area contributed by atoms with Crippen LogP contribution in [0.4, 0.5) is 0 Å². The van der Waals surface area contributed by atoms with Gasteiger partial charge in [0.25, 0.3) is 0 Å². The molecule has 0 heterocycles. The molecule has 0 aliphatic rings. The Balaban J connectivity index is 1.86. The number of ether oxygens (including phenoxy) is 2. The Hall–Kier alpha value is -2.53. The molecule has 0 saturated heterocycles. The van der Waals surface area contributed by atoms with Crippen LogP contribution in [0, 0.1) is 0 Å². The zero-order chi connectivity index (χ0) is 15.9. The Morgan fingerprint density at radius 3 is 2.23 bits per heavy atom. The first-order valence-electron chi connectivity index (χ1n) is 6.46. The zero-order valence-corrected chi connectivity index (χ0v) is 12.2. The summed E-state index contributed by atoms with van der Waals surface area (Å²) in [4.78, 5) is 22.9. The number of hydrogen-bond acceptors (Lipinski definition) is 4. The van der Waals surface area contributed by atoms with Crippen molar-refractivity contribution in [2.75, 3.05) is 13.2 Å². The molecule has 0 aliphatic carbocycles. The summed E-state index contributed by atoms with van der Waals surface area (Å²) in [6.45, 7) is 0.165. The minimum Gasteiger partial charge on any atom is -0.490 e. The van der Waals surface area contributed by atoms with E-state index in [1.54, 1.807) is 36.4 Å². The van der Waals surface area contributed by atoms with Crippen LogP contribution in [0.25, 0.3) is 0 Å². The lowest BCUT2D eigenvalue weighted by molar-refractivity contribution is 0.0442. The van der Waals surface area contributed by atoms with Gasteiger partial charge in [0.05, 0.1) is 11.1 Å². The summed E-state index contributed by atoms with van der Waals surface area (Å²) in [7, 11) is 0. The summed E-state index contributed by atoms with van der Waals surface area (Å²) >= 11 is 5.75. The molecule has 5 nitrogen and oxygen atoms in total. The molecule has 0 aromatic heterocycles. The number of hydrogen-bond donors (Lipinski definition) is 1. The van der Waals surface area contributed by atoms with Crippen LogP contribution in [0.3, 0.4) is 0 Å². The van der Waals surface area contributed by atoms with Crippen molar-refractivity contribution in [2.45, 2.75) is 0 Å². The van der Waals surface area contributed by atoms with Crippen LogP contribution < -0.4 is 4.74 Å². The second kappa shape index (κ2) is 7.47. The standard InChI is InChI=1S/C16H13ClO5/c17-11-5-7-12(8-6-11)21-9-10-22-16(20)14-4-2-1-3-13(14)15(18)19/h1-8H,9-10H2,(H,18,19). The predicted octanol–water partition coefficient (Wildman–Crippen LogP) is 3.27. The third-order valence-corrected chi connectivity index (χ3v) is 3.03. The van der Waals surface area contributed by atoms with E-state index in [1.165, 1.54) is 12.1 Å². The molecule has 0 spiro atoms. The van der Waals surface area contributed by atoms with Crippen LogP contribution in [-0.4, -0.2) is 30.3 Å². The number of carboxylic acid groups (broad SMARTS) is 1. The van der Waals surface area contributed by atoms with E-state index in [1.807, 2.05) is 0 Å². The molecule has 0 amide bonds. The minimum atomic E-state index is -1.18. The zero-order valence-electron chi connectivity index (χ0n) is 11.5. The number of benzene rings is 2. The van der Waals surface area contributed by atoms with Gasteiger partial charge in [0.1, 0.15) is 19.0 Å². The lowest BCUT2D eigenvalue weighted by Crippen LogP contribution is -2.15. The van der Waals surface area contributed by atoms with Crippen molar-refractivity contribution in [1.29, 1.82) is 0 Å². The molecule has 0 bridgehead atoms. The van der Waals surface area contributed by atoms with E-state index in [0.717, 1.165) is 0 Å². The van der Waals surface area contributed by atoms with Crippen molar-refractivity contribution < 1.29 is 24.2 Å². The predicted molar refractivity (Wildman–Crippen MR) is 80.6 cm³/mol. The summed E-state index contributed by atoms with van der Waals surface area (Å²) in [5.41, 5.74) is -0.0763. The molecule has 0 radical (unpaired) electrons. The fourth-order valence-electron chi connectivity index (χ4n) is 1.75. The summed E-state index contributed by atoms with van der Waals surface area (Å²) in [5, 5.41) is 9.61. The summed E-state index contributed by atoms with van der Waals surface area (Å²) < 4.78 is 10.4. The monoisotopic (exact) mass is 320 g/mol. The number of aromatic carboxylic acids is 1. The number of carbonyl (C=O) groups excluding carboxylic acids is 1. The average molecular weight is 321 g/mol. The van der Waals surface area contributed by atoms with Gasteiger partial charge in [-0.1, -0.05) is 23.7 Å². The largest absolute Gasteiger partial charge is 0.490 e. The number of rotatable bonds is 6. The molecule has 2 aromatic carbocycles. The molecule has 2 aromatic rings. The fourth-order valence-corrected chi connectivity index (χ4v) is 1.88. The van der Waals surface area contributed by atoms with Crippen LogP contribution >= 0.6 is 11.6 Å². The number of esters is 1. The normalized spacial score (nSPS) is 10.0. The Labute approximate surface area is 132 Å². The van der Waals surface area contributed by atoms with Crippen LogP contribution in [0.1, 0.15) is 20.7 Å². The molecule has 0 fully saturated rings. The van der Waals surface area contributed by atoms with Gasteiger partial charge in [-0.25, -0.2) is 9.59 Å². The van der Waals surface area contributed by atoms with E-state index in [2.05, 4.69) is 0 Å². The van der Waals surface area contributed by atoms with Gasteiger partial charge in [-0.3, -0.25) is 0 Å². The second-order valence-corrected chi connectivity index (χ2v) is 4.73. The lowest BCUT2D eigenvalue weighted by Gasteiger charge is -2.08. The van der Waals surface area contributed by atoms with Gasteiger partial charge in [-0.2, -0.15) is 0 Å². The van der Waals surface area contributed by atoms with E-state index < -0.39 is 11.9 Å². The molecule has 114 valence electrons. The summed E-state index contributed by atoms with van der Waals surface area (Å²) in [6.07, 6.45) is 0.